The number of nitrogens with one attached hydrogen (secondary N) is 2. The molecule has 30 heavy (non-hydrogen) atoms. The van der Waals surface area contributed by atoms with Crippen molar-refractivity contribution in [3.05, 3.63) is 70.8 Å². The molecule has 7 nitrogen and oxygen atoms in total. The van der Waals surface area contributed by atoms with Crippen molar-refractivity contribution in [2.75, 3.05) is 0 Å². The van der Waals surface area contributed by atoms with E-state index in [0.29, 0.717) is 22.6 Å². The normalized spacial score (nSPS) is 18.3. The zero-order chi connectivity index (χ0) is 21.9. The number of aryl methyl sites for hydroxylation is 2. The molecule has 0 aromatic heterocycles. The van der Waals surface area contributed by atoms with Gasteiger partial charge in [0.25, 0.3) is 5.91 Å². The van der Waals surface area contributed by atoms with Crippen LogP contribution in [0.15, 0.2) is 48.5 Å². The Balaban J connectivity index is 1.65. The molecule has 156 valence electrons. The van der Waals surface area contributed by atoms with Gasteiger partial charge in [0.1, 0.15) is 5.54 Å². The topological polar surface area (TPSA) is 95.6 Å². The summed E-state index contributed by atoms with van der Waals surface area (Å²) in [6.45, 7) is 5.67. The third kappa shape index (κ3) is 3.96. The van der Waals surface area contributed by atoms with Crippen LogP contribution in [0.5, 0.6) is 0 Å². The van der Waals surface area contributed by atoms with Crippen LogP contribution in [-0.2, 0) is 15.1 Å². The first kappa shape index (κ1) is 21.2. The highest BCUT2D eigenvalue weighted by Crippen LogP contribution is 2.31. The van der Waals surface area contributed by atoms with E-state index in [1.54, 1.807) is 43.3 Å². The summed E-state index contributed by atoms with van der Waals surface area (Å²) in [6.07, 6.45) is 0.183. The Labute approximate surface area is 175 Å². The molecule has 0 spiro atoms. The van der Waals surface area contributed by atoms with E-state index in [1.807, 2.05) is 26.0 Å². The fourth-order valence-electron chi connectivity index (χ4n) is 3.51. The number of ketones is 1. The molecule has 1 heterocycles. The van der Waals surface area contributed by atoms with Crippen LogP contribution < -0.4 is 10.7 Å². The van der Waals surface area contributed by atoms with E-state index in [1.165, 1.54) is 0 Å². The number of nitrogens with zero attached hydrogens (tertiary/aromatic N) is 1. The first-order valence-corrected chi connectivity index (χ1v) is 9.90. The minimum absolute atomic E-state index is 0.0183. The summed E-state index contributed by atoms with van der Waals surface area (Å²) in [7, 11) is 0. The van der Waals surface area contributed by atoms with E-state index < -0.39 is 23.4 Å². The lowest BCUT2D eigenvalue weighted by Gasteiger charge is -2.25. The zero-order valence-corrected chi connectivity index (χ0v) is 17.3. The second-order valence-electron chi connectivity index (χ2n) is 7.45. The van der Waals surface area contributed by atoms with Crippen molar-refractivity contribution in [3.63, 3.8) is 0 Å². The maximum Gasteiger partial charge on any atom is 0.344 e. The molecule has 1 aliphatic rings. The van der Waals surface area contributed by atoms with Gasteiger partial charge in [-0.15, -0.1) is 0 Å². The smallest absolute Gasteiger partial charge is 0.318 e. The first-order chi connectivity index (χ1) is 14.3. The average molecular weight is 407 g/mol. The molecule has 1 fully saturated rings. The molecule has 2 aromatic carbocycles. The molecule has 1 aliphatic heterocycles. The number of amides is 4. The maximum atomic E-state index is 13.0. The third-order valence-electron chi connectivity index (χ3n) is 5.53. The van der Waals surface area contributed by atoms with Crippen LogP contribution >= 0.6 is 0 Å². The molecule has 0 aliphatic carbocycles. The van der Waals surface area contributed by atoms with Crippen LogP contribution in [0.1, 0.15) is 53.2 Å². The minimum atomic E-state index is -1.22. The summed E-state index contributed by atoms with van der Waals surface area (Å²) >= 11 is 0. The van der Waals surface area contributed by atoms with Crippen LogP contribution in [0, 0.1) is 13.8 Å². The average Bonchev–Trinajstić information content (AvgIpc) is 2.99. The Kier molecular flexibility index (Phi) is 6.01. The molecule has 1 saturated heterocycles. The highest BCUT2D eigenvalue weighted by Gasteiger charge is 2.52. The third-order valence-corrected chi connectivity index (χ3v) is 5.53. The molecule has 7 heteroatoms. The van der Waals surface area contributed by atoms with Gasteiger partial charge < -0.3 is 5.32 Å². The van der Waals surface area contributed by atoms with Crippen LogP contribution in [0.4, 0.5) is 4.79 Å². The molecule has 4 amide bonds. The van der Waals surface area contributed by atoms with Gasteiger partial charge in [0.15, 0.2) is 5.78 Å². The van der Waals surface area contributed by atoms with Gasteiger partial charge in [-0.2, -0.15) is 5.01 Å². The fourth-order valence-corrected chi connectivity index (χ4v) is 3.51. The van der Waals surface area contributed by atoms with Crippen molar-refractivity contribution < 1.29 is 19.2 Å². The molecule has 0 bridgehead atoms. The molecule has 0 radical (unpaired) electrons. The number of carbonyl (C=O) groups excluding carboxylic acids is 4. The highest BCUT2D eigenvalue weighted by molar-refractivity contribution is 6.08. The number of hydrogen-bond acceptors (Lipinski definition) is 4. The first-order valence-electron chi connectivity index (χ1n) is 9.90. The molecule has 3 rings (SSSR count). The molecular formula is C23H25N3O4. The van der Waals surface area contributed by atoms with Gasteiger partial charge in [0, 0.05) is 18.4 Å². The lowest BCUT2D eigenvalue weighted by atomic mass is 9.87. The van der Waals surface area contributed by atoms with Crippen molar-refractivity contribution in [2.24, 2.45) is 0 Å². The summed E-state index contributed by atoms with van der Waals surface area (Å²) in [5.41, 5.74) is 4.39. The lowest BCUT2D eigenvalue weighted by Crippen LogP contribution is -2.48. The monoisotopic (exact) mass is 407 g/mol. The Morgan fingerprint density at radius 1 is 1.00 bits per heavy atom. The standard InChI is InChI=1S/C23H25N3O4/c1-4-23(18-8-6-5-7-9-18)21(29)26(22(30)24-23)25-20(28)13-12-19(27)17-11-10-15(2)16(3)14-17/h5-11,14H,4,12-13H2,1-3H3,(H,24,30)(H,25,28)/t23-/m0/s1. The highest BCUT2D eigenvalue weighted by atomic mass is 16.2. The lowest BCUT2D eigenvalue weighted by molar-refractivity contribution is -0.139. The van der Waals surface area contributed by atoms with Gasteiger partial charge in [0.05, 0.1) is 0 Å². The van der Waals surface area contributed by atoms with Gasteiger partial charge in [-0.05, 0) is 43.0 Å². The van der Waals surface area contributed by atoms with Crippen molar-refractivity contribution >= 4 is 23.6 Å². The summed E-state index contributed by atoms with van der Waals surface area (Å²) in [6, 6.07) is 13.6. The molecule has 0 saturated carbocycles. The van der Waals surface area contributed by atoms with Gasteiger partial charge in [-0.25, -0.2) is 4.79 Å². The molecular weight excluding hydrogens is 382 g/mol. The predicted molar refractivity (Wildman–Crippen MR) is 111 cm³/mol. The Bertz CT molecular complexity index is 1000. The number of imide groups is 1. The van der Waals surface area contributed by atoms with E-state index in [4.69, 9.17) is 0 Å². The summed E-state index contributed by atoms with van der Waals surface area (Å²) in [4.78, 5) is 50.1. The second kappa shape index (κ2) is 8.49. The van der Waals surface area contributed by atoms with E-state index in [-0.39, 0.29) is 18.6 Å². The minimum Gasteiger partial charge on any atom is -0.318 e. The van der Waals surface area contributed by atoms with E-state index in [0.717, 1.165) is 11.1 Å². The van der Waals surface area contributed by atoms with Crippen LogP contribution in [0.2, 0.25) is 0 Å². The summed E-state index contributed by atoms with van der Waals surface area (Å²) in [5, 5.41) is 3.40. The zero-order valence-electron chi connectivity index (χ0n) is 17.3. The van der Waals surface area contributed by atoms with Crippen molar-refractivity contribution in [3.8, 4) is 0 Å². The number of carbonyl (C=O) groups is 4. The predicted octanol–water partition coefficient (Wildman–Crippen LogP) is 3.15. The van der Waals surface area contributed by atoms with Gasteiger partial charge in [-0.3, -0.25) is 19.8 Å². The Morgan fingerprint density at radius 2 is 1.70 bits per heavy atom. The fraction of sp³-hybridized carbons (Fsp3) is 0.304. The number of rotatable bonds is 7. The van der Waals surface area contributed by atoms with Crippen molar-refractivity contribution in [2.45, 2.75) is 45.6 Å². The van der Waals surface area contributed by atoms with E-state index >= 15 is 0 Å². The van der Waals surface area contributed by atoms with E-state index in [2.05, 4.69) is 10.7 Å². The maximum absolute atomic E-state index is 13.0. The Morgan fingerprint density at radius 3 is 2.33 bits per heavy atom. The van der Waals surface area contributed by atoms with Gasteiger partial charge in [-0.1, -0.05) is 49.4 Å². The molecule has 1 atom stereocenters. The number of hydrazine groups is 1. The summed E-state index contributed by atoms with van der Waals surface area (Å²) in [5.74, 6) is -1.29. The van der Waals surface area contributed by atoms with Crippen LogP contribution in [0.25, 0.3) is 0 Å². The molecule has 2 aromatic rings. The molecule has 2 N–H and O–H groups in total. The largest absolute Gasteiger partial charge is 0.344 e. The number of benzene rings is 2. The quantitative estimate of drug-likeness (QED) is 0.544. The number of Topliss-reactive ketones (excluding diaryl/α,β-unsaturated/α-hetero) is 1. The molecule has 0 unspecified atom stereocenters. The van der Waals surface area contributed by atoms with Crippen LogP contribution in [-0.4, -0.2) is 28.6 Å². The second-order valence-corrected chi connectivity index (χ2v) is 7.45. The Hall–Kier alpha value is -3.48. The van der Waals surface area contributed by atoms with Crippen molar-refractivity contribution in [1.29, 1.82) is 0 Å². The number of hydrogen-bond donors (Lipinski definition) is 2. The van der Waals surface area contributed by atoms with Crippen molar-refractivity contribution in [1.82, 2.24) is 15.8 Å². The summed E-state index contributed by atoms with van der Waals surface area (Å²) < 4.78 is 0. The van der Waals surface area contributed by atoms with E-state index in [9.17, 15) is 19.2 Å². The van der Waals surface area contributed by atoms with Gasteiger partial charge in [0.2, 0.25) is 5.91 Å². The van der Waals surface area contributed by atoms with Crippen LogP contribution in [0.3, 0.4) is 0 Å². The van der Waals surface area contributed by atoms with Gasteiger partial charge >= 0.3 is 6.03 Å². The number of urea groups is 1. The SMILES string of the molecule is CC[C@@]1(c2ccccc2)NC(=O)N(NC(=O)CCC(=O)c2ccc(C)c(C)c2)C1=O.